The van der Waals surface area contributed by atoms with Gasteiger partial charge in [-0.05, 0) is 52.8 Å². The highest BCUT2D eigenvalue weighted by molar-refractivity contribution is 5.69. The van der Waals surface area contributed by atoms with Gasteiger partial charge in [0, 0.05) is 45.0 Å². The average Bonchev–Trinajstić information content (AvgIpc) is 3.05. The van der Waals surface area contributed by atoms with Crippen LogP contribution in [0.15, 0.2) is 18.3 Å². The molecule has 2 aliphatic heterocycles. The molecule has 2 fully saturated rings. The van der Waals surface area contributed by atoms with Gasteiger partial charge >= 0.3 is 6.09 Å². The predicted molar refractivity (Wildman–Crippen MR) is 110 cm³/mol. The van der Waals surface area contributed by atoms with Crippen LogP contribution in [0.2, 0.25) is 0 Å². The molecule has 0 spiro atoms. The fraction of sp³-hybridized carbons (Fsp3) is 0.714. The zero-order valence-electron chi connectivity index (χ0n) is 17.9. The van der Waals surface area contributed by atoms with Gasteiger partial charge < -0.3 is 24.2 Å². The Kier molecular flexibility index (Phi) is 6.33. The molecule has 0 aliphatic carbocycles. The van der Waals surface area contributed by atoms with Crippen LogP contribution in [0.4, 0.5) is 10.5 Å². The summed E-state index contributed by atoms with van der Waals surface area (Å²) < 4.78 is 11.8. The molecule has 0 unspecified atom stereocenters. The number of hydrogen-bond donors (Lipinski definition) is 0. The lowest BCUT2D eigenvalue weighted by Crippen LogP contribution is -2.55. The van der Waals surface area contributed by atoms with Gasteiger partial charge in [-0.3, -0.25) is 0 Å². The minimum Gasteiger partial charge on any atom is -0.471 e. The van der Waals surface area contributed by atoms with E-state index < -0.39 is 5.60 Å². The van der Waals surface area contributed by atoms with E-state index in [1.807, 2.05) is 31.7 Å². The monoisotopic (exact) mass is 390 g/mol. The maximum atomic E-state index is 12.5. The molecule has 2 atom stereocenters. The molecule has 2 saturated heterocycles. The van der Waals surface area contributed by atoms with Crippen LogP contribution in [-0.2, 0) is 4.74 Å². The SMILES string of the molecule is CC[C@@H]1CN(C(=O)OC(C)(C)C)CCN1c1cccnc1O[C@@H]1CCN(C)C1. The van der Waals surface area contributed by atoms with E-state index in [2.05, 4.69) is 34.8 Å². The molecule has 0 aromatic carbocycles. The second-order valence-electron chi connectivity index (χ2n) is 8.80. The van der Waals surface area contributed by atoms with Gasteiger partial charge in [-0.15, -0.1) is 0 Å². The molecular weight excluding hydrogens is 356 g/mol. The zero-order valence-corrected chi connectivity index (χ0v) is 17.9. The molecule has 1 aromatic heterocycles. The summed E-state index contributed by atoms with van der Waals surface area (Å²) in [5.74, 6) is 0.701. The predicted octanol–water partition coefficient (Wildman–Crippen LogP) is 3.00. The summed E-state index contributed by atoms with van der Waals surface area (Å²) >= 11 is 0. The second-order valence-corrected chi connectivity index (χ2v) is 8.80. The van der Waals surface area contributed by atoms with E-state index in [0.29, 0.717) is 19.0 Å². The lowest BCUT2D eigenvalue weighted by atomic mass is 10.1. The summed E-state index contributed by atoms with van der Waals surface area (Å²) in [5.41, 5.74) is 0.544. The van der Waals surface area contributed by atoms with Crippen molar-refractivity contribution in [2.75, 3.05) is 44.7 Å². The fourth-order valence-electron chi connectivity index (χ4n) is 3.85. The van der Waals surface area contributed by atoms with E-state index in [9.17, 15) is 4.79 Å². The number of ether oxygens (including phenoxy) is 2. The summed E-state index contributed by atoms with van der Waals surface area (Å²) in [6.45, 7) is 11.9. The fourth-order valence-corrected chi connectivity index (χ4v) is 3.85. The average molecular weight is 391 g/mol. The Labute approximate surface area is 168 Å². The Bertz CT molecular complexity index is 676. The Balaban J connectivity index is 1.71. The number of anilines is 1. The number of likely N-dealkylation sites (N-methyl/N-ethyl adjacent to an activating group) is 1. The van der Waals surface area contributed by atoms with E-state index in [4.69, 9.17) is 9.47 Å². The van der Waals surface area contributed by atoms with E-state index in [1.165, 1.54) is 0 Å². The topological polar surface area (TPSA) is 58.1 Å². The molecule has 0 N–H and O–H groups in total. The number of aromatic nitrogens is 1. The van der Waals surface area contributed by atoms with Crippen LogP contribution in [0.5, 0.6) is 5.88 Å². The van der Waals surface area contributed by atoms with Crippen LogP contribution in [0, 0.1) is 0 Å². The van der Waals surface area contributed by atoms with Gasteiger partial charge in [0.1, 0.15) is 17.4 Å². The first-order chi connectivity index (χ1) is 13.3. The molecule has 7 nitrogen and oxygen atoms in total. The van der Waals surface area contributed by atoms with Crippen molar-refractivity contribution in [2.45, 2.75) is 58.3 Å². The van der Waals surface area contributed by atoms with Crippen LogP contribution in [0.1, 0.15) is 40.5 Å². The molecule has 156 valence electrons. The minimum atomic E-state index is -0.477. The molecule has 7 heteroatoms. The molecule has 28 heavy (non-hydrogen) atoms. The standard InChI is InChI=1S/C21H34N4O3/c1-6-16-14-24(20(26)28-21(2,3)4)12-13-25(16)18-8-7-10-22-19(18)27-17-9-11-23(5)15-17/h7-8,10,16-17H,6,9,11-15H2,1-5H3/t16-,17-/m1/s1. The van der Waals surface area contributed by atoms with Crippen molar-refractivity contribution in [3.8, 4) is 5.88 Å². The number of carbonyl (C=O) groups excluding carboxylic acids is 1. The third-order valence-corrected chi connectivity index (χ3v) is 5.29. The van der Waals surface area contributed by atoms with Gasteiger partial charge in [0.2, 0.25) is 5.88 Å². The third kappa shape index (κ3) is 5.07. The van der Waals surface area contributed by atoms with Gasteiger partial charge in [0.05, 0.1) is 0 Å². The number of hydrogen-bond acceptors (Lipinski definition) is 6. The summed E-state index contributed by atoms with van der Waals surface area (Å²) in [6, 6.07) is 4.24. The maximum absolute atomic E-state index is 12.5. The van der Waals surface area contributed by atoms with Crippen LogP contribution in [0.3, 0.4) is 0 Å². The lowest BCUT2D eigenvalue weighted by molar-refractivity contribution is 0.0213. The molecular formula is C21H34N4O3. The molecule has 1 aromatic rings. The van der Waals surface area contributed by atoms with Crippen molar-refractivity contribution in [3.63, 3.8) is 0 Å². The van der Waals surface area contributed by atoms with Gasteiger partial charge in [0.25, 0.3) is 0 Å². The van der Waals surface area contributed by atoms with Crippen molar-refractivity contribution in [2.24, 2.45) is 0 Å². The largest absolute Gasteiger partial charge is 0.471 e. The van der Waals surface area contributed by atoms with Crippen molar-refractivity contribution in [1.82, 2.24) is 14.8 Å². The molecule has 3 rings (SSSR count). The molecule has 1 amide bonds. The number of likely N-dealkylation sites (tertiary alicyclic amines) is 1. The van der Waals surface area contributed by atoms with Crippen molar-refractivity contribution >= 4 is 11.8 Å². The Morgan fingerprint density at radius 2 is 2.04 bits per heavy atom. The van der Waals surface area contributed by atoms with Crippen molar-refractivity contribution in [3.05, 3.63) is 18.3 Å². The van der Waals surface area contributed by atoms with E-state index >= 15 is 0 Å². The maximum Gasteiger partial charge on any atom is 0.410 e. The highest BCUT2D eigenvalue weighted by atomic mass is 16.6. The lowest BCUT2D eigenvalue weighted by Gasteiger charge is -2.42. The first-order valence-corrected chi connectivity index (χ1v) is 10.3. The van der Waals surface area contributed by atoms with E-state index in [1.54, 1.807) is 6.20 Å². The number of piperazine rings is 1. The smallest absolute Gasteiger partial charge is 0.410 e. The third-order valence-electron chi connectivity index (χ3n) is 5.29. The summed E-state index contributed by atoms with van der Waals surface area (Å²) in [4.78, 5) is 23.4. The van der Waals surface area contributed by atoms with Gasteiger partial charge in [0.15, 0.2) is 0 Å². The molecule has 0 saturated carbocycles. The van der Waals surface area contributed by atoms with E-state index in [0.717, 1.165) is 38.2 Å². The van der Waals surface area contributed by atoms with Gasteiger partial charge in [-0.2, -0.15) is 0 Å². The minimum absolute atomic E-state index is 0.182. The van der Waals surface area contributed by atoms with Crippen molar-refractivity contribution < 1.29 is 14.3 Å². The Hall–Kier alpha value is -2.02. The quantitative estimate of drug-likeness (QED) is 0.788. The first kappa shape index (κ1) is 20.7. The van der Waals surface area contributed by atoms with E-state index in [-0.39, 0.29) is 18.2 Å². The highest BCUT2D eigenvalue weighted by Crippen LogP contribution is 2.31. The number of carbonyl (C=O) groups is 1. The van der Waals surface area contributed by atoms with Crippen LogP contribution >= 0.6 is 0 Å². The zero-order chi connectivity index (χ0) is 20.3. The van der Waals surface area contributed by atoms with Crippen LogP contribution < -0.4 is 9.64 Å². The molecule has 3 heterocycles. The Morgan fingerprint density at radius 1 is 1.25 bits per heavy atom. The number of amides is 1. The van der Waals surface area contributed by atoms with Crippen LogP contribution in [-0.4, -0.2) is 78.4 Å². The summed E-state index contributed by atoms with van der Waals surface area (Å²) in [5, 5.41) is 0. The summed E-state index contributed by atoms with van der Waals surface area (Å²) in [6.07, 6.45) is 3.69. The highest BCUT2D eigenvalue weighted by Gasteiger charge is 2.33. The Morgan fingerprint density at radius 3 is 2.68 bits per heavy atom. The summed E-state index contributed by atoms with van der Waals surface area (Å²) in [7, 11) is 2.12. The normalized spacial score (nSPS) is 23.8. The second kappa shape index (κ2) is 8.55. The van der Waals surface area contributed by atoms with Gasteiger partial charge in [-0.25, -0.2) is 9.78 Å². The van der Waals surface area contributed by atoms with Crippen LogP contribution in [0.25, 0.3) is 0 Å². The molecule has 2 aliphatic rings. The van der Waals surface area contributed by atoms with Gasteiger partial charge in [-0.1, -0.05) is 6.92 Å². The van der Waals surface area contributed by atoms with Crippen molar-refractivity contribution in [1.29, 1.82) is 0 Å². The first-order valence-electron chi connectivity index (χ1n) is 10.3. The number of pyridine rings is 1. The molecule has 0 bridgehead atoms. The number of rotatable bonds is 4. The molecule has 0 radical (unpaired) electrons. The number of nitrogens with zero attached hydrogens (tertiary/aromatic N) is 4.